The summed E-state index contributed by atoms with van der Waals surface area (Å²) >= 11 is 12.2. The molecule has 0 saturated heterocycles. The molecule has 20 heavy (non-hydrogen) atoms. The average Bonchev–Trinajstić information content (AvgIpc) is 2.42. The van der Waals surface area contributed by atoms with Crippen molar-refractivity contribution in [1.29, 1.82) is 0 Å². The van der Waals surface area contributed by atoms with E-state index in [1.165, 1.54) is 0 Å². The Bertz CT molecular complexity index is 569. The predicted octanol–water partition coefficient (Wildman–Crippen LogP) is 5.46. The lowest BCUT2D eigenvalue weighted by molar-refractivity contribution is 0.482. The maximum Gasteiger partial charge on any atom is 0.128 e. The van der Waals surface area contributed by atoms with Gasteiger partial charge in [0.05, 0.1) is 0 Å². The van der Waals surface area contributed by atoms with E-state index < -0.39 is 0 Å². The van der Waals surface area contributed by atoms with E-state index in [1.54, 1.807) is 12.1 Å². The van der Waals surface area contributed by atoms with Gasteiger partial charge in [-0.2, -0.15) is 0 Å². The highest BCUT2D eigenvalue weighted by Gasteiger charge is 2.09. The number of hydrogen-bond acceptors (Lipinski definition) is 2. The van der Waals surface area contributed by atoms with Gasteiger partial charge in [-0.25, -0.2) is 0 Å². The highest BCUT2D eigenvalue weighted by Crippen LogP contribution is 2.30. The second-order valence-corrected chi connectivity index (χ2v) is 5.36. The van der Waals surface area contributed by atoms with Crippen LogP contribution in [0.5, 0.6) is 11.5 Å². The Hall–Kier alpha value is -1.22. The molecule has 2 rings (SSSR count). The maximum absolute atomic E-state index is 6.31. The molecule has 0 radical (unpaired) electrons. The minimum absolute atomic E-state index is 0.220. The lowest BCUT2D eigenvalue weighted by Gasteiger charge is -2.15. The minimum atomic E-state index is 0.220. The number of hydrogen-bond donors (Lipinski definition) is 1. The van der Waals surface area contributed by atoms with Crippen LogP contribution in [-0.4, -0.2) is 6.54 Å². The molecule has 4 heteroatoms. The fraction of sp³-hybridized carbons (Fsp3) is 0.250. The zero-order valence-corrected chi connectivity index (χ0v) is 13.0. The van der Waals surface area contributed by atoms with Gasteiger partial charge >= 0.3 is 0 Å². The summed E-state index contributed by atoms with van der Waals surface area (Å²) in [6, 6.07) is 13.2. The third kappa shape index (κ3) is 3.89. The number of nitrogens with one attached hydrogen (secondary N) is 1. The van der Waals surface area contributed by atoms with Gasteiger partial charge in [0.25, 0.3) is 0 Å². The summed E-state index contributed by atoms with van der Waals surface area (Å²) in [5.41, 5.74) is 1.07. The third-order valence-electron chi connectivity index (χ3n) is 3.00. The van der Waals surface area contributed by atoms with Crippen molar-refractivity contribution in [2.75, 3.05) is 6.54 Å². The summed E-state index contributed by atoms with van der Waals surface area (Å²) in [5.74, 6) is 1.45. The van der Waals surface area contributed by atoms with Crippen molar-refractivity contribution in [2.24, 2.45) is 0 Å². The van der Waals surface area contributed by atoms with Crippen molar-refractivity contribution in [3.8, 4) is 11.5 Å². The van der Waals surface area contributed by atoms with E-state index in [-0.39, 0.29) is 6.04 Å². The topological polar surface area (TPSA) is 21.3 Å². The number of rotatable bonds is 5. The smallest absolute Gasteiger partial charge is 0.128 e. The van der Waals surface area contributed by atoms with Gasteiger partial charge < -0.3 is 10.1 Å². The molecule has 0 aliphatic carbocycles. The first-order chi connectivity index (χ1) is 9.60. The van der Waals surface area contributed by atoms with Crippen LogP contribution in [0.15, 0.2) is 42.5 Å². The Morgan fingerprint density at radius 1 is 1.05 bits per heavy atom. The summed E-state index contributed by atoms with van der Waals surface area (Å²) in [5, 5.41) is 4.72. The quantitative estimate of drug-likeness (QED) is 0.792. The van der Waals surface area contributed by atoms with Crippen molar-refractivity contribution in [2.45, 2.75) is 19.9 Å². The second-order valence-electron chi connectivity index (χ2n) is 4.52. The van der Waals surface area contributed by atoms with Gasteiger partial charge in [-0.05, 0) is 55.4 Å². The highest BCUT2D eigenvalue weighted by atomic mass is 35.5. The Balaban J connectivity index is 2.14. The summed E-state index contributed by atoms with van der Waals surface area (Å²) in [4.78, 5) is 0. The van der Waals surface area contributed by atoms with E-state index in [1.807, 2.05) is 30.3 Å². The van der Waals surface area contributed by atoms with Crippen molar-refractivity contribution in [3.63, 3.8) is 0 Å². The van der Waals surface area contributed by atoms with Gasteiger partial charge in [0, 0.05) is 16.1 Å². The third-order valence-corrected chi connectivity index (χ3v) is 3.58. The molecule has 0 aromatic heterocycles. The van der Waals surface area contributed by atoms with Crippen LogP contribution in [0.25, 0.3) is 0 Å². The molecule has 2 nitrogen and oxygen atoms in total. The van der Waals surface area contributed by atoms with Crippen molar-refractivity contribution >= 4 is 23.2 Å². The lowest BCUT2D eigenvalue weighted by atomic mass is 10.1. The van der Waals surface area contributed by atoms with Crippen LogP contribution >= 0.6 is 23.2 Å². The zero-order chi connectivity index (χ0) is 14.5. The van der Waals surface area contributed by atoms with E-state index in [4.69, 9.17) is 27.9 Å². The minimum Gasteiger partial charge on any atom is -0.457 e. The van der Waals surface area contributed by atoms with Gasteiger partial charge in [-0.3, -0.25) is 0 Å². The molecule has 0 fully saturated rings. The summed E-state index contributed by atoms with van der Waals surface area (Å²) in [6.07, 6.45) is 0. The molecule has 0 saturated carbocycles. The Kier molecular flexibility index (Phi) is 5.30. The van der Waals surface area contributed by atoms with Gasteiger partial charge in [0.1, 0.15) is 11.5 Å². The van der Waals surface area contributed by atoms with Crippen molar-refractivity contribution < 1.29 is 4.74 Å². The Labute approximate surface area is 129 Å². The van der Waals surface area contributed by atoms with Gasteiger partial charge in [0.15, 0.2) is 0 Å². The van der Waals surface area contributed by atoms with E-state index in [0.29, 0.717) is 15.8 Å². The molecular formula is C16H17Cl2NO. The van der Waals surface area contributed by atoms with Gasteiger partial charge in [-0.1, -0.05) is 36.2 Å². The molecule has 2 aromatic carbocycles. The Morgan fingerprint density at radius 2 is 1.70 bits per heavy atom. The summed E-state index contributed by atoms with van der Waals surface area (Å²) in [6.45, 7) is 5.06. The van der Waals surface area contributed by atoms with Crippen molar-refractivity contribution in [3.05, 3.63) is 58.1 Å². The summed E-state index contributed by atoms with van der Waals surface area (Å²) in [7, 11) is 0. The lowest BCUT2D eigenvalue weighted by Crippen LogP contribution is -2.17. The fourth-order valence-electron chi connectivity index (χ4n) is 1.98. The number of benzene rings is 2. The van der Waals surface area contributed by atoms with E-state index in [0.717, 1.165) is 17.9 Å². The number of ether oxygens (including phenoxy) is 1. The summed E-state index contributed by atoms with van der Waals surface area (Å²) < 4.78 is 5.75. The molecule has 0 aliphatic heterocycles. The molecule has 0 spiro atoms. The van der Waals surface area contributed by atoms with Gasteiger partial charge in [-0.15, -0.1) is 0 Å². The highest BCUT2D eigenvalue weighted by molar-refractivity contribution is 6.31. The van der Waals surface area contributed by atoms with Crippen LogP contribution < -0.4 is 10.1 Å². The fourth-order valence-corrected chi connectivity index (χ4v) is 2.44. The first kappa shape index (κ1) is 15.2. The van der Waals surface area contributed by atoms with Crippen molar-refractivity contribution in [1.82, 2.24) is 5.32 Å². The maximum atomic E-state index is 6.31. The largest absolute Gasteiger partial charge is 0.457 e. The van der Waals surface area contributed by atoms with Crippen LogP contribution in [0.2, 0.25) is 10.0 Å². The number of halogens is 2. The van der Waals surface area contributed by atoms with Crippen LogP contribution in [0.4, 0.5) is 0 Å². The predicted molar refractivity (Wildman–Crippen MR) is 85.1 cm³/mol. The monoisotopic (exact) mass is 309 g/mol. The Morgan fingerprint density at radius 3 is 2.30 bits per heavy atom. The van der Waals surface area contributed by atoms with E-state index in [9.17, 15) is 0 Å². The van der Waals surface area contributed by atoms with Crippen LogP contribution in [0.3, 0.4) is 0 Å². The first-order valence-electron chi connectivity index (χ1n) is 6.56. The first-order valence-corrected chi connectivity index (χ1v) is 7.32. The molecule has 0 bridgehead atoms. The zero-order valence-electron chi connectivity index (χ0n) is 11.5. The SMILES string of the molecule is CCNC(C)c1ccc(Oc2ccc(Cl)cc2)cc1Cl. The molecule has 0 amide bonds. The molecule has 1 unspecified atom stereocenters. The molecule has 106 valence electrons. The standard InChI is InChI=1S/C16H17Cl2NO/c1-3-19-11(2)15-9-8-14(10-16(15)18)20-13-6-4-12(17)5-7-13/h4-11,19H,3H2,1-2H3. The molecule has 0 heterocycles. The van der Waals surface area contributed by atoms with E-state index in [2.05, 4.69) is 19.2 Å². The van der Waals surface area contributed by atoms with Gasteiger partial charge in [0.2, 0.25) is 0 Å². The molecule has 0 aliphatic rings. The molecular weight excluding hydrogens is 293 g/mol. The molecule has 2 aromatic rings. The van der Waals surface area contributed by atoms with Crippen LogP contribution in [-0.2, 0) is 0 Å². The normalized spacial score (nSPS) is 12.2. The van der Waals surface area contributed by atoms with Crippen LogP contribution in [0, 0.1) is 0 Å². The second kappa shape index (κ2) is 6.98. The average molecular weight is 310 g/mol. The molecule has 1 N–H and O–H groups in total. The van der Waals surface area contributed by atoms with Crippen LogP contribution in [0.1, 0.15) is 25.5 Å². The molecule has 1 atom stereocenters. The van der Waals surface area contributed by atoms with E-state index >= 15 is 0 Å².